The highest BCUT2D eigenvalue weighted by Crippen LogP contribution is 2.33. The van der Waals surface area contributed by atoms with Crippen molar-refractivity contribution in [1.82, 2.24) is 0 Å². The number of carbonyl (C=O) groups is 1. The molecular formula is C13H8Cl2O7S2. The first-order valence-electron chi connectivity index (χ1n) is 6.00. The second kappa shape index (κ2) is 6.43. The van der Waals surface area contributed by atoms with Gasteiger partial charge in [-0.2, -0.15) is 16.8 Å². The summed E-state index contributed by atoms with van der Waals surface area (Å²) in [7, 11) is -9.32. The van der Waals surface area contributed by atoms with E-state index in [0.717, 1.165) is 24.3 Å². The van der Waals surface area contributed by atoms with Crippen LogP contribution in [0.25, 0.3) is 0 Å². The molecule has 11 heteroatoms. The van der Waals surface area contributed by atoms with Crippen molar-refractivity contribution in [1.29, 1.82) is 0 Å². The number of rotatable bonds is 4. The van der Waals surface area contributed by atoms with Crippen LogP contribution in [0, 0.1) is 0 Å². The molecule has 0 bridgehead atoms. The average molecular weight is 411 g/mol. The summed E-state index contributed by atoms with van der Waals surface area (Å²) in [5.74, 6) is -0.827. The Labute approximate surface area is 147 Å². The molecule has 0 radical (unpaired) electrons. The molecule has 0 amide bonds. The largest absolute Gasteiger partial charge is 0.297 e. The fraction of sp³-hybridized carbons (Fsp3) is 0. The van der Waals surface area contributed by atoms with Gasteiger partial charge in [0.1, 0.15) is 4.90 Å². The van der Waals surface area contributed by atoms with E-state index in [4.69, 9.17) is 32.3 Å². The first-order chi connectivity index (χ1) is 10.9. The quantitative estimate of drug-likeness (QED) is 0.585. The molecule has 0 unspecified atom stereocenters. The lowest BCUT2D eigenvalue weighted by Gasteiger charge is -2.09. The normalized spacial score (nSPS) is 12.2. The van der Waals surface area contributed by atoms with Crippen molar-refractivity contribution in [2.45, 2.75) is 9.79 Å². The van der Waals surface area contributed by atoms with Gasteiger partial charge in [0.15, 0.2) is 5.78 Å². The lowest BCUT2D eigenvalue weighted by Crippen LogP contribution is -2.08. The monoisotopic (exact) mass is 410 g/mol. The minimum absolute atomic E-state index is 0.171. The fourth-order valence-corrected chi connectivity index (χ4v) is 4.12. The summed E-state index contributed by atoms with van der Waals surface area (Å²) < 4.78 is 63.1. The second-order valence-electron chi connectivity index (χ2n) is 4.55. The van der Waals surface area contributed by atoms with E-state index in [1.807, 2.05) is 0 Å². The van der Waals surface area contributed by atoms with Crippen LogP contribution in [-0.4, -0.2) is 31.7 Å². The summed E-state index contributed by atoms with van der Waals surface area (Å²) in [5.41, 5.74) is -0.489. The average Bonchev–Trinajstić information content (AvgIpc) is 2.44. The third kappa shape index (κ3) is 3.77. The molecule has 0 saturated carbocycles. The Hall–Kier alpha value is -1.49. The van der Waals surface area contributed by atoms with Gasteiger partial charge in [0, 0.05) is 11.1 Å². The summed E-state index contributed by atoms with van der Waals surface area (Å²) in [6.45, 7) is 0. The fourth-order valence-electron chi connectivity index (χ4n) is 1.90. The van der Waals surface area contributed by atoms with Crippen LogP contribution >= 0.6 is 23.2 Å². The van der Waals surface area contributed by atoms with E-state index in [2.05, 4.69) is 0 Å². The van der Waals surface area contributed by atoms with E-state index in [1.54, 1.807) is 0 Å². The number of halogens is 2. The standard InChI is InChI=1S/C13H8Cl2O7S2/c14-10-5-4-9(11(15)13(10)24(20,21)22)12(16)7-2-1-3-8(6-7)23(17,18)19/h1-6H,(H,17,18,19)(H,20,21,22). The molecule has 0 aromatic heterocycles. The van der Waals surface area contributed by atoms with Crippen LogP contribution in [0.3, 0.4) is 0 Å². The van der Waals surface area contributed by atoms with Gasteiger partial charge in [0.2, 0.25) is 0 Å². The maximum atomic E-state index is 12.5. The van der Waals surface area contributed by atoms with Crippen LogP contribution in [-0.2, 0) is 20.2 Å². The molecule has 24 heavy (non-hydrogen) atoms. The van der Waals surface area contributed by atoms with Crippen LogP contribution in [0.2, 0.25) is 10.0 Å². The summed E-state index contributed by atoms with van der Waals surface area (Å²) >= 11 is 11.5. The van der Waals surface area contributed by atoms with Gasteiger partial charge in [-0.25, -0.2) is 0 Å². The molecule has 0 aliphatic heterocycles. The van der Waals surface area contributed by atoms with Gasteiger partial charge in [0.05, 0.1) is 14.9 Å². The molecule has 0 spiro atoms. The Morgan fingerprint density at radius 2 is 1.54 bits per heavy atom. The van der Waals surface area contributed by atoms with Gasteiger partial charge in [-0.05, 0) is 24.3 Å². The highest BCUT2D eigenvalue weighted by molar-refractivity contribution is 7.86. The van der Waals surface area contributed by atoms with E-state index in [1.165, 1.54) is 12.1 Å². The molecule has 0 heterocycles. The second-order valence-corrected chi connectivity index (χ2v) is 8.11. The van der Waals surface area contributed by atoms with Gasteiger partial charge in [-0.3, -0.25) is 13.9 Å². The van der Waals surface area contributed by atoms with Crippen LogP contribution in [0.5, 0.6) is 0 Å². The topological polar surface area (TPSA) is 126 Å². The first-order valence-corrected chi connectivity index (χ1v) is 9.64. The molecule has 0 saturated heterocycles. The molecule has 0 aliphatic rings. The predicted molar refractivity (Wildman–Crippen MR) is 86.0 cm³/mol. The van der Waals surface area contributed by atoms with Crippen molar-refractivity contribution >= 4 is 49.2 Å². The maximum Gasteiger partial charge on any atom is 0.297 e. The van der Waals surface area contributed by atoms with E-state index in [9.17, 15) is 21.6 Å². The third-order valence-corrected chi connectivity index (χ3v) is 5.67. The molecular weight excluding hydrogens is 403 g/mol. The summed E-state index contributed by atoms with van der Waals surface area (Å²) in [4.78, 5) is 11.1. The summed E-state index contributed by atoms with van der Waals surface area (Å²) in [6, 6.07) is 6.60. The zero-order valence-corrected chi connectivity index (χ0v) is 14.6. The van der Waals surface area contributed by atoms with Gasteiger partial charge >= 0.3 is 0 Å². The number of ketones is 1. The SMILES string of the molecule is O=C(c1cccc(S(=O)(=O)O)c1)c1ccc(Cl)c(S(=O)(=O)O)c1Cl. The molecule has 2 aromatic carbocycles. The minimum Gasteiger partial charge on any atom is -0.289 e. The van der Waals surface area contributed by atoms with Crippen LogP contribution < -0.4 is 0 Å². The van der Waals surface area contributed by atoms with E-state index in [0.29, 0.717) is 0 Å². The van der Waals surface area contributed by atoms with Crippen molar-refractivity contribution < 1.29 is 30.7 Å². The lowest BCUT2D eigenvalue weighted by atomic mass is 10.0. The summed E-state index contributed by atoms with van der Waals surface area (Å²) in [6.07, 6.45) is 0. The highest BCUT2D eigenvalue weighted by atomic mass is 35.5. The summed E-state index contributed by atoms with van der Waals surface area (Å²) in [5, 5.41) is -0.988. The smallest absolute Gasteiger partial charge is 0.289 e. The number of hydrogen-bond donors (Lipinski definition) is 2. The highest BCUT2D eigenvalue weighted by Gasteiger charge is 2.25. The van der Waals surface area contributed by atoms with Crippen LogP contribution in [0.4, 0.5) is 0 Å². The molecule has 128 valence electrons. The number of carbonyl (C=O) groups excluding carboxylic acids is 1. The van der Waals surface area contributed by atoms with Crippen LogP contribution in [0.15, 0.2) is 46.2 Å². The Kier molecular flexibility index (Phi) is 5.05. The molecule has 2 aromatic rings. The molecule has 7 nitrogen and oxygen atoms in total. The van der Waals surface area contributed by atoms with Crippen LogP contribution in [0.1, 0.15) is 15.9 Å². The predicted octanol–water partition coefficient (Wildman–Crippen LogP) is 2.72. The van der Waals surface area contributed by atoms with E-state index >= 15 is 0 Å². The van der Waals surface area contributed by atoms with Crippen molar-refractivity contribution in [3.63, 3.8) is 0 Å². The number of hydrogen-bond acceptors (Lipinski definition) is 5. The van der Waals surface area contributed by atoms with Gasteiger partial charge in [-0.15, -0.1) is 0 Å². The molecule has 0 atom stereocenters. The third-order valence-electron chi connectivity index (χ3n) is 2.95. The zero-order valence-electron chi connectivity index (χ0n) is 11.5. The van der Waals surface area contributed by atoms with Gasteiger partial charge < -0.3 is 0 Å². The number of benzene rings is 2. The Morgan fingerprint density at radius 1 is 0.917 bits per heavy atom. The zero-order chi connectivity index (χ0) is 18.3. The van der Waals surface area contributed by atoms with Crippen molar-refractivity contribution in [3.05, 3.63) is 57.6 Å². The minimum atomic E-state index is -4.79. The molecule has 0 aliphatic carbocycles. The van der Waals surface area contributed by atoms with Gasteiger partial charge in [-0.1, -0.05) is 35.3 Å². The molecule has 2 rings (SSSR count). The van der Waals surface area contributed by atoms with E-state index < -0.39 is 40.8 Å². The lowest BCUT2D eigenvalue weighted by molar-refractivity contribution is 0.103. The Bertz CT molecular complexity index is 1040. The van der Waals surface area contributed by atoms with Gasteiger partial charge in [0.25, 0.3) is 20.2 Å². The first kappa shape index (κ1) is 18.8. The Balaban J connectivity index is 2.65. The maximum absolute atomic E-state index is 12.5. The van der Waals surface area contributed by atoms with Crippen molar-refractivity contribution in [2.75, 3.05) is 0 Å². The Morgan fingerprint density at radius 3 is 2.08 bits per heavy atom. The molecule has 2 N–H and O–H groups in total. The van der Waals surface area contributed by atoms with Crippen molar-refractivity contribution in [3.8, 4) is 0 Å². The van der Waals surface area contributed by atoms with E-state index in [-0.39, 0.29) is 16.1 Å². The molecule has 0 fully saturated rings. The van der Waals surface area contributed by atoms with Crippen molar-refractivity contribution in [2.24, 2.45) is 0 Å².